The van der Waals surface area contributed by atoms with Crippen molar-refractivity contribution in [2.45, 2.75) is 82.7 Å². The SMILES string of the molecule is CCCCC[C@H]1C[C@]12O[C@@H](n1cnc3c(N)ncnc31)C1OC(C)(C)O[C@H]12. The molecule has 3 aliphatic rings. The molecule has 27 heavy (non-hydrogen) atoms. The first-order chi connectivity index (χ1) is 13.0. The molecule has 5 rings (SSSR count). The minimum absolute atomic E-state index is 0.0687. The monoisotopic (exact) mass is 373 g/mol. The van der Waals surface area contributed by atoms with E-state index in [9.17, 15) is 0 Å². The van der Waals surface area contributed by atoms with Crippen molar-refractivity contribution in [1.82, 2.24) is 19.5 Å². The third-order valence-electron chi connectivity index (χ3n) is 6.15. The second kappa shape index (κ2) is 5.86. The smallest absolute Gasteiger partial charge is 0.167 e. The van der Waals surface area contributed by atoms with Crippen LogP contribution < -0.4 is 5.73 Å². The maximum Gasteiger partial charge on any atom is 0.167 e. The fourth-order valence-electron chi connectivity index (χ4n) is 4.81. The zero-order valence-corrected chi connectivity index (χ0v) is 16.1. The maximum absolute atomic E-state index is 6.63. The van der Waals surface area contributed by atoms with Crippen molar-refractivity contribution < 1.29 is 14.2 Å². The predicted molar refractivity (Wildman–Crippen MR) is 98.7 cm³/mol. The first-order valence-corrected chi connectivity index (χ1v) is 9.91. The standard InChI is InChI=1S/C19H27N5O3/c1-4-5-6-7-11-8-19(11)14-13(25-18(2,3)26-14)17(27-19)24-10-23-12-15(20)21-9-22-16(12)24/h9-11,13-14,17H,4-8H2,1-3H3,(H2,20,21,22)/t11-,13?,14+,17+,19-/m0/s1. The first kappa shape index (κ1) is 17.3. The Morgan fingerprint density at radius 2 is 2.04 bits per heavy atom. The average Bonchev–Trinajstić information content (AvgIpc) is 2.90. The topological polar surface area (TPSA) is 97.3 Å². The second-order valence-electron chi connectivity index (χ2n) is 8.46. The zero-order chi connectivity index (χ0) is 18.8. The Bertz CT molecular complexity index is 868. The molecule has 8 heteroatoms. The maximum atomic E-state index is 6.63. The summed E-state index contributed by atoms with van der Waals surface area (Å²) in [7, 11) is 0. The predicted octanol–water partition coefficient (Wildman–Crippen LogP) is 2.80. The molecule has 1 spiro atoms. The van der Waals surface area contributed by atoms with Crippen molar-refractivity contribution in [2.75, 3.05) is 5.73 Å². The molecule has 0 radical (unpaired) electrons. The highest BCUT2D eigenvalue weighted by atomic mass is 16.8. The van der Waals surface area contributed by atoms with E-state index in [2.05, 4.69) is 21.9 Å². The quantitative estimate of drug-likeness (QED) is 0.805. The summed E-state index contributed by atoms with van der Waals surface area (Å²) in [6, 6.07) is 0. The number of ether oxygens (including phenoxy) is 3. The van der Waals surface area contributed by atoms with Gasteiger partial charge in [-0.1, -0.05) is 26.2 Å². The van der Waals surface area contributed by atoms with Crippen LogP contribution in [0.4, 0.5) is 5.82 Å². The van der Waals surface area contributed by atoms with Crippen LogP contribution in [0.5, 0.6) is 0 Å². The van der Waals surface area contributed by atoms with E-state index in [4.69, 9.17) is 19.9 Å². The second-order valence-corrected chi connectivity index (χ2v) is 8.46. The lowest BCUT2D eigenvalue weighted by Crippen LogP contribution is -2.32. The number of nitrogens with zero attached hydrogens (tertiary/aromatic N) is 4. The molecule has 146 valence electrons. The van der Waals surface area contributed by atoms with Gasteiger partial charge in [-0.05, 0) is 32.6 Å². The van der Waals surface area contributed by atoms with E-state index in [1.54, 1.807) is 6.33 Å². The van der Waals surface area contributed by atoms with Crippen LogP contribution in [-0.4, -0.2) is 43.1 Å². The van der Waals surface area contributed by atoms with Crippen LogP contribution in [0.2, 0.25) is 0 Å². The van der Waals surface area contributed by atoms with Crippen molar-refractivity contribution in [1.29, 1.82) is 0 Å². The molecule has 0 aromatic carbocycles. The summed E-state index contributed by atoms with van der Waals surface area (Å²) in [6.45, 7) is 6.17. The van der Waals surface area contributed by atoms with E-state index in [-0.39, 0.29) is 24.0 Å². The van der Waals surface area contributed by atoms with Gasteiger partial charge >= 0.3 is 0 Å². The molecule has 2 aliphatic heterocycles. The Labute approximate surface area is 158 Å². The molecule has 8 nitrogen and oxygen atoms in total. The fourth-order valence-corrected chi connectivity index (χ4v) is 4.81. The van der Waals surface area contributed by atoms with Crippen LogP contribution in [0, 0.1) is 5.92 Å². The number of rotatable bonds is 5. The minimum Gasteiger partial charge on any atom is -0.382 e. The Morgan fingerprint density at radius 1 is 1.19 bits per heavy atom. The summed E-state index contributed by atoms with van der Waals surface area (Å²) < 4.78 is 21.1. The van der Waals surface area contributed by atoms with E-state index in [0.29, 0.717) is 22.9 Å². The van der Waals surface area contributed by atoms with Crippen molar-refractivity contribution in [3.63, 3.8) is 0 Å². The van der Waals surface area contributed by atoms with Crippen LogP contribution >= 0.6 is 0 Å². The summed E-state index contributed by atoms with van der Waals surface area (Å²) in [5.74, 6) is 0.273. The lowest BCUT2D eigenvalue weighted by atomic mass is 10.0. The van der Waals surface area contributed by atoms with Crippen LogP contribution in [0.1, 0.15) is 59.1 Å². The van der Waals surface area contributed by atoms with Crippen molar-refractivity contribution in [3.05, 3.63) is 12.7 Å². The number of hydrogen-bond donors (Lipinski definition) is 1. The third-order valence-corrected chi connectivity index (χ3v) is 6.15. The summed E-state index contributed by atoms with van der Waals surface area (Å²) in [6.07, 6.45) is 8.51. The summed E-state index contributed by atoms with van der Waals surface area (Å²) >= 11 is 0. The van der Waals surface area contributed by atoms with Gasteiger partial charge < -0.3 is 19.9 Å². The van der Waals surface area contributed by atoms with Gasteiger partial charge in [-0.2, -0.15) is 0 Å². The molecule has 2 saturated heterocycles. The number of aromatic nitrogens is 4. The van der Waals surface area contributed by atoms with Gasteiger partial charge in [0.2, 0.25) is 0 Å². The van der Waals surface area contributed by atoms with Gasteiger partial charge in [-0.15, -0.1) is 0 Å². The van der Waals surface area contributed by atoms with Crippen LogP contribution in [0.15, 0.2) is 12.7 Å². The number of hydrogen-bond acceptors (Lipinski definition) is 7. The van der Waals surface area contributed by atoms with E-state index in [0.717, 1.165) is 6.42 Å². The van der Waals surface area contributed by atoms with Gasteiger partial charge in [0.05, 0.1) is 6.33 Å². The Balaban J connectivity index is 1.48. The molecule has 0 bridgehead atoms. The Hall–Kier alpha value is -1.77. The molecule has 0 amide bonds. The fraction of sp³-hybridized carbons (Fsp3) is 0.737. The lowest BCUT2D eigenvalue weighted by molar-refractivity contribution is -0.203. The highest BCUT2D eigenvalue weighted by molar-refractivity contribution is 5.81. The molecule has 3 fully saturated rings. The number of nitrogen functional groups attached to an aromatic ring is 1. The highest BCUT2D eigenvalue weighted by Gasteiger charge is 2.73. The molecule has 2 N–H and O–H groups in total. The van der Waals surface area contributed by atoms with E-state index >= 15 is 0 Å². The first-order valence-electron chi connectivity index (χ1n) is 9.91. The molecule has 2 aromatic rings. The number of unbranched alkanes of at least 4 members (excludes halogenated alkanes) is 2. The van der Waals surface area contributed by atoms with E-state index in [1.807, 2.05) is 18.4 Å². The van der Waals surface area contributed by atoms with E-state index in [1.165, 1.54) is 32.0 Å². The van der Waals surface area contributed by atoms with Gasteiger partial charge in [0.1, 0.15) is 29.7 Å². The van der Waals surface area contributed by atoms with Gasteiger partial charge in [0.15, 0.2) is 23.5 Å². The summed E-state index contributed by atoms with van der Waals surface area (Å²) in [5, 5.41) is 0. The van der Waals surface area contributed by atoms with Crippen molar-refractivity contribution in [2.24, 2.45) is 5.92 Å². The molecule has 5 atom stereocenters. The molecular weight excluding hydrogens is 346 g/mol. The van der Waals surface area contributed by atoms with Gasteiger partial charge in [0.25, 0.3) is 0 Å². The van der Waals surface area contributed by atoms with Crippen LogP contribution in [0.25, 0.3) is 11.2 Å². The summed E-state index contributed by atoms with van der Waals surface area (Å²) in [4.78, 5) is 12.8. The third kappa shape index (κ3) is 2.57. The molecule has 1 aliphatic carbocycles. The summed E-state index contributed by atoms with van der Waals surface area (Å²) in [5.41, 5.74) is 6.95. The van der Waals surface area contributed by atoms with Gasteiger partial charge in [-0.25, -0.2) is 15.0 Å². The number of fused-ring (bicyclic) bond motifs is 3. The Morgan fingerprint density at radius 3 is 2.85 bits per heavy atom. The van der Waals surface area contributed by atoms with E-state index < -0.39 is 5.79 Å². The lowest BCUT2D eigenvalue weighted by Gasteiger charge is -2.25. The molecule has 2 aromatic heterocycles. The van der Waals surface area contributed by atoms with Crippen molar-refractivity contribution >= 4 is 17.0 Å². The average molecular weight is 373 g/mol. The molecular formula is C19H27N5O3. The Kier molecular flexibility index (Phi) is 3.76. The number of nitrogens with two attached hydrogens (primary N) is 1. The zero-order valence-electron chi connectivity index (χ0n) is 16.1. The molecule has 4 heterocycles. The normalized spacial score (nSPS) is 36.6. The molecule has 1 saturated carbocycles. The van der Waals surface area contributed by atoms with Crippen LogP contribution in [0.3, 0.4) is 0 Å². The van der Waals surface area contributed by atoms with Crippen molar-refractivity contribution in [3.8, 4) is 0 Å². The highest BCUT2D eigenvalue weighted by Crippen LogP contribution is 2.63. The van der Waals surface area contributed by atoms with Gasteiger partial charge in [-0.3, -0.25) is 4.57 Å². The van der Waals surface area contributed by atoms with Gasteiger partial charge in [0, 0.05) is 0 Å². The minimum atomic E-state index is -0.620. The number of anilines is 1. The molecule has 1 unspecified atom stereocenters. The van der Waals surface area contributed by atoms with Crippen LogP contribution in [-0.2, 0) is 14.2 Å². The largest absolute Gasteiger partial charge is 0.382 e. The number of imidazole rings is 1.